The molecular weight excluding hydrogens is 160 g/mol. The molecular formula is C11H22N2. The summed E-state index contributed by atoms with van der Waals surface area (Å²) in [4.78, 5) is 0. The summed E-state index contributed by atoms with van der Waals surface area (Å²) < 4.78 is 0. The van der Waals surface area contributed by atoms with Gasteiger partial charge in [-0.3, -0.25) is 0 Å². The van der Waals surface area contributed by atoms with E-state index in [1.54, 1.807) is 0 Å². The fourth-order valence-electron chi connectivity index (χ4n) is 2.77. The molecule has 2 nitrogen and oxygen atoms in total. The van der Waals surface area contributed by atoms with E-state index in [1.807, 2.05) is 0 Å². The van der Waals surface area contributed by atoms with E-state index in [9.17, 15) is 0 Å². The van der Waals surface area contributed by atoms with Gasteiger partial charge in [0.2, 0.25) is 0 Å². The summed E-state index contributed by atoms with van der Waals surface area (Å²) in [5.74, 6) is 1.87. The van der Waals surface area contributed by atoms with Crippen LogP contribution in [0.1, 0.15) is 33.1 Å². The minimum absolute atomic E-state index is 0.767. The molecule has 2 rings (SSSR count). The van der Waals surface area contributed by atoms with Crippen molar-refractivity contribution in [2.45, 2.75) is 45.2 Å². The van der Waals surface area contributed by atoms with E-state index >= 15 is 0 Å². The molecule has 0 aromatic rings. The number of hydrogen-bond donors (Lipinski definition) is 2. The maximum Gasteiger partial charge on any atom is 0.0320 e. The molecule has 13 heavy (non-hydrogen) atoms. The molecule has 0 amide bonds. The van der Waals surface area contributed by atoms with Crippen LogP contribution in [0.5, 0.6) is 0 Å². The van der Waals surface area contributed by atoms with Crippen LogP contribution in [0.25, 0.3) is 0 Å². The molecule has 1 saturated heterocycles. The van der Waals surface area contributed by atoms with Gasteiger partial charge in [-0.15, -0.1) is 0 Å². The van der Waals surface area contributed by atoms with Crippen LogP contribution in [-0.4, -0.2) is 25.2 Å². The van der Waals surface area contributed by atoms with E-state index in [2.05, 4.69) is 24.5 Å². The van der Waals surface area contributed by atoms with Crippen LogP contribution in [0.2, 0.25) is 0 Å². The lowest BCUT2D eigenvalue weighted by molar-refractivity contribution is 0.277. The molecule has 2 heteroatoms. The third-order valence-electron chi connectivity index (χ3n) is 3.98. The topological polar surface area (TPSA) is 24.1 Å². The summed E-state index contributed by atoms with van der Waals surface area (Å²) in [5.41, 5.74) is 0. The Morgan fingerprint density at radius 1 is 1.31 bits per heavy atom. The van der Waals surface area contributed by atoms with Gasteiger partial charge in [-0.1, -0.05) is 20.3 Å². The molecule has 2 fully saturated rings. The van der Waals surface area contributed by atoms with Crippen molar-refractivity contribution in [3.63, 3.8) is 0 Å². The van der Waals surface area contributed by atoms with Gasteiger partial charge >= 0.3 is 0 Å². The molecule has 0 aromatic heterocycles. The number of hydrogen-bond acceptors (Lipinski definition) is 2. The average Bonchev–Trinajstić information content (AvgIpc) is 2.40. The lowest BCUT2D eigenvalue weighted by Crippen LogP contribution is -2.58. The van der Waals surface area contributed by atoms with Crippen LogP contribution >= 0.6 is 0 Å². The van der Waals surface area contributed by atoms with Crippen LogP contribution in [0.4, 0.5) is 0 Å². The second-order valence-electron chi connectivity index (χ2n) is 4.73. The molecule has 0 aromatic carbocycles. The van der Waals surface area contributed by atoms with Crippen LogP contribution in [0, 0.1) is 11.8 Å². The Hall–Kier alpha value is -0.0800. The fourth-order valence-corrected chi connectivity index (χ4v) is 2.77. The Balaban J connectivity index is 1.79. The van der Waals surface area contributed by atoms with Crippen molar-refractivity contribution in [1.29, 1.82) is 0 Å². The highest BCUT2D eigenvalue weighted by atomic mass is 15.1. The molecule has 2 aliphatic rings. The summed E-state index contributed by atoms with van der Waals surface area (Å²) in [7, 11) is 0. The van der Waals surface area contributed by atoms with Gasteiger partial charge in [0, 0.05) is 25.2 Å². The Bertz CT molecular complexity index is 165. The first-order valence-electron chi connectivity index (χ1n) is 5.78. The quantitative estimate of drug-likeness (QED) is 0.689. The zero-order chi connectivity index (χ0) is 9.26. The van der Waals surface area contributed by atoms with E-state index in [4.69, 9.17) is 0 Å². The highest BCUT2D eigenvalue weighted by Gasteiger charge is 2.33. The Labute approximate surface area is 81.5 Å². The summed E-state index contributed by atoms with van der Waals surface area (Å²) in [6, 6.07) is 1.57. The van der Waals surface area contributed by atoms with Crippen molar-refractivity contribution in [2.24, 2.45) is 11.8 Å². The summed E-state index contributed by atoms with van der Waals surface area (Å²) in [6.45, 7) is 7.11. The summed E-state index contributed by atoms with van der Waals surface area (Å²) in [5, 5.41) is 7.08. The third-order valence-corrected chi connectivity index (χ3v) is 3.98. The van der Waals surface area contributed by atoms with Crippen LogP contribution in [0.15, 0.2) is 0 Å². The molecule has 1 saturated carbocycles. The zero-order valence-corrected chi connectivity index (χ0v) is 8.84. The molecule has 3 atom stereocenters. The summed E-state index contributed by atoms with van der Waals surface area (Å²) >= 11 is 0. The predicted molar refractivity (Wildman–Crippen MR) is 55.8 cm³/mol. The van der Waals surface area contributed by atoms with Crippen LogP contribution in [0.3, 0.4) is 0 Å². The van der Waals surface area contributed by atoms with Crippen molar-refractivity contribution in [3.8, 4) is 0 Å². The molecule has 0 radical (unpaired) electrons. The van der Waals surface area contributed by atoms with E-state index in [0.717, 1.165) is 23.9 Å². The summed E-state index contributed by atoms with van der Waals surface area (Å²) in [6.07, 6.45) is 4.20. The van der Waals surface area contributed by atoms with Crippen molar-refractivity contribution in [1.82, 2.24) is 10.6 Å². The van der Waals surface area contributed by atoms with Gasteiger partial charge in [0.15, 0.2) is 0 Å². The Morgan fingerprint density at radius 2 is 2.08 bits per heavy atom. The van der Waals surface area contributed by atoms with Gasteiger partial charge in [0.05, 0.1) is 0 Å². The maximum absolute atomic E-state index is 3.77. The highest BCUT2D eigenvalue weighted by Crippen LogP contribution is 2.34. The van der Waals surface area contributed by atoms with E-state index in [1.165, 1.54) is 32.4 Å². The van der Waals surface area contributed by atoms with Gasteiger partial charge in [0.25, 0.3) is 0 Å². The van der Waals surface area contributed by atoms with Gasteiger partial charge in [-0.05, 0) is 24.7 Å². The molecule has 3 unspecified atom stereocenters. The first kappa shape index (κ1) is 9.47. The van der Waals surface area contributed by atoms with Crippen molar-refractivity contribution >= 4 is 0 Å². The lowest BCUT2D eigenvalue weighted by Gasteiger charge is -2.33. The molecule has 1 heterocycles. The number of nitrogens with one attached hydrogen (secondary N) is 2. The van der Waals surface area contributed by atoms with Gasteiger partial charge in [-0.25, -0.2) is 0 Å². The predicted octanol–water partition coefficient (Wildman–Crippen LogP) is 1.37. The first-order chi connectivity index (χ1) is 6.31. The monoisotopic (exact) mass is 182 g/mol. The Kier molecular flexibility index (Phi) is 2.89. The third kappa shape index (κ3) is 1.89. The highest BCUT2D eigenvalue weighted by molar-refractivity contribution is 4.92. The minimum atomic E-state index is 0.767. The molecule has 2 N–H and O–H groups in total. The molecule has 0 bridgehead atoms. The van der Waals surface area contributed by atoms with E-state index in [0.29, 0.717) is 0 Å². The molecule has 76 valence electrons. The number of rotatable bonds is 3. The van der Waals surface area contributed by atoms with Gasteiger partial charge in [0.1, 0.15) is 0 Å². The molecule has 1 aliphatic heterocycles. The van der Waals surface area contributed by atoms with E-state index in [-0.39, 0.29) is 0 Å². The van der Waals surface area contributed by atoms with Crippen molar-refractivity contribution < 1.29 is 0 Å². The Morgan fingerprint density at radius 3 is 2.54 bits per heavy atom. The first-order valence-corrected chi connectivity index (χ1v) is 5.78. The standard InChI is InChI=1S/C11H22N2/c1-3-9-4-5-11(8(9)2)13-10-6-12-7-10/h8-13H,3-7H2,1-2H3. The lowest BCUT2D eigenvalue weighted by atomic mass is 9.93. The minimum Gasteiger partial charge on any atom is -0.314 e. The van der Waals surface area contributed by atoms with Crippen molar-refractivity contribution in [2.75, 3.05) is 13.1 Å². The second-order valence-corrected chi connectivity index (χ2v) is 4.73. The maximum atomic E-state index is 3.77. The normalized spacial score (nSPS) is 40.6. The molecule has 0 spiro atoms. The fraction of sp³-hybridized carbons (Fsp3) is 1.00. The SMILES string of the molecule is CCC1CCC(NC2CNC2)C1C. The van der Waals surface area contributed by atoms with E-state index < -0.39 is 0 Å². The second kappa shape index (κ2) is 3.97. The van der Waals surface area contributed by atoms with Gasteiger partial charge in [-0.2, -0.15) is 0 Å². The molecule has 1 aliphatic carbocycles. The zero-order valence-electron chi connectivity index (χ0n) is 8.84. The largest absolute Gasteiger partial charge is 0.314 e. The van der Waals surface area contributed by atoms with Gasteiger partial charge < -0.3 is 10.6 Å². The average molecular weight is 182 g/mol. The smallest absolute Gasteiger partial charge is 0.0320 e. The van der Waals surface area contributed by atoms with Crippen LogP contribution in [-0.2, 0) is 0 Å². The van der Waals surface area contributed by atoms with Crippen LogP contribution < -0.4 is 10.6 Å². The van der Waals surface area contributed by atoms with Crippen molar-refractivity contribution in [3.05, 3.63) is 0 Å².